The van der Waals surface area contributed by atoms with Crippen LogP contribution in [0.15, 0.2) is 29.0 Å². The number of likely N-dealkylation sites (N-methyl/N-ethyl adjacent to an activating group) is 1. The third-order valence-corrected chi connectivity index (χ3v) is 4.53. The van der Waals surface area contributed by atoms with Gasteiger partial charge in [-0.3, -0.25) is 0 Å². The molecule has 1 nitrogen and oxygen atoms in total. The van der Waals surface area contributed by atoms with Gasteiger partial charge in [-0.25, -0.2) is 0 Å². The number of nitrogens with one attached hydrogen (secondary N) is 1. The number of rotatable bonds is 4. The van der Waals surface area contributed by atoms with Gasteiger partial charge in [-0.05, 0) is 66.0 Å². The first-order valence-electron chi connectivity index (χ1n) is 5.75. The van der Waals surface area contributed by atoms with Gasteiger partial charge in [0.05, 0.1) is 0 Å². The fourth-order valence-corrected chi connectivity index (χ4v) is 3.31. The molecule has 0 saturated heterocycles. The zero-order chi connectivity index (χ0) is 13.1. The maximum absolute atomic E-state index is 6.21. The number of hydrogen-bond acceptors (Lipinski definition) is 2. The summed E-state index contributed by atoms with van der Waals surface area (Å²) >= 11 is 14.0. The van der Waals surface area contributed by atoms with Crippen LogP contribution in [0.4, 0.5) is 0 Å². The third-order valence-electron chi connectivity index (χ3n) is 3.05. The molecule has 2 rings (SSSR count). The summed E-state index contributed by atoms with van der Waals surface area (Å²) in [5.41, 5.74) is 3.73. The van der Waals surface area contributed by atoms with E-state index in [-0.39, 0.29) is 6.04 Å². The van der Waals surface area contributed by atoms with Crippen LogP contribution in [-0.2, 0) is 6.42 Å². The number of halogens is 2. The average molecular weight is 300 g/mol. The van der Waals surface area contributed by atoms with Crippen LogP contribution >= 0.6 is 34.5 Å². The molecule has 1 unspecified atom stereocenters. The summed E-state index contributed by atoms with van der Waals surface area (Å²) in [5, 5.41) is 9.20. The predicted molar refractivity (Wildman–Crippen MR) is 81.0 cm³/mol. The third kappa shape index (κ3) is 3.07. The second-order valence-corrected chi connectivity index (χ2v) is 5.88. The number of benzene rings is 1. The number of thiophene rings is 1. The van der Waals surface area contributed by atoms with Crippen LogP contribution in [0.3, 0.4) is 0 Å². The van der Waals surface area contributed by atoms with Crippen LogP contribution in [0.1, 0.15) is 22.7 Å². The van der Waals surface area contributed by atoms with Crippen molar-refractivity contribution in [3.8, 4) is 0 Å². The molecule has 1 heterocycles. The minimum Gasteiger partial charge on any atom is -0.313 e. The summed E-state index contributed by atoms with van der Waals surface area (Å²) in [7, 11) is 1.97. The quantitative estimate of drug-likeness (QED) is 0.849. The highest BCUT2D eigenvalue weighted by molar-refractivity contribution is 7.08. The van der Waals surface area contributed by atoms with Gasteiger partial charge in [-0.15, -0.1) is 0 Å². The van der Waals surface area contributed by atoms with Crippen molar-refractivity contribution in [2.24, 2.45) is 0 Å². The fourth-order valence-electron chi connectivity index (χ4n) is 2.01. The Morgan fingerprint density at radius 1 is 1.28 bits per heavy atom. The Labute approximate surface area is 122 Å². The minimum absolute atomic E-state index is 0.271. The van der Waals surface area contributed by atoms with Crippen molar-refractivity contribution in [3.05, 3.63) is 55.7 Å². The number of aryl methyl sites for hydroxylation is 1. The molecule has 1 atom stereocenters. The predicted octanol–water partition coefficient (Wildman–Crippen LogP) is 4.87. The van der Waals surface area contributed by atoms with E-state index in [0.717, 1.165) is 22.0 Å². The molecular formula is C14H15Cl2NS. The Bertz CT molecular complexity index is 536. The molecule has 0 bridgehead atoms. The normalized spacial score (nSPS) is 12.7. The van der Waals surface area contributed by atoms with Crippen LogP contribution in [0, 0.1) is 6.92 Å². The van der Waals surface area contributed by atoms with Crippen molar-refractivity contribution in [2.45, 2.75) is 19.4 Å². The van der Waals surface area contributed by atoms with Crippen molar-refractivity contribution >= 4 is 34.5 Å². The van der Waals surface area contributed by atoms with Gasteiger partial charge in [0.1, 0.15) is 0 Å². The lowest BCUT2D eigenvalue weighted by Crippen LogP contribution is -2.19. The molecule has 4 heteroatoms. The van der Waals surface area contributed by atoms with Gasteiger partial charge in [0.25, 0.3) is 0 Å². The van der Waals surface area contributed by atoms with Crippen molar-refractivity contribution in [3.63, 3.8) is 0 Å². The van der Waals surface area contributed by atoms with Crippen LogP contribution in [0.2, 0.25) is 10.0 Å². The van der Waals surface area contributed by atoms with Gasteiger partial charge in [0.2, 0.25) is 0 Å². The minimum atomic E-state index is 0.271. The van der Waals surface area contributed by atoms with Crippen LogP contribution in [0.25, 0.3) is 0 Å². The monoisotopic (exact) mass is 299 g/mol. The van der Waals surface area contributed by atoms with E-state index >= 15 is 0 Å². The lowest BCUT2D eigenvalue weighted by Gasteiger charge is -2.17. The Hall–Kier alpha value is -0.540. The highest BCUT2D eigenvalue weighted by atomic mass is 35.5. The van der Waals surface area contributed by atoms with Gasteiger partial charge in [0, 0.05) is 16.1 Å². The average Bonchev–Trinajstić information content (AvgIpc) is 2.77. The lowest BCUT2D eigenvalue weighted by atomic mass is 9.99. The molecule has 0 aliphatic rings. The van der Waals surface area contributed by atoms with E-state index < -0.39 is 0 Å². The van der Waals surface area contributed by atoms with Gasteiger partial charge in [-0.2, -0.15) is 11.3 Å². The fraction of sp³-hybridized carbons (Fsp3) is 0.286. The molecular weight excluding hydrogens is 285 g/mol. The van der Waals surface area contributed by atoms with Crippen molar-refractivity contribution in [1.82, 2.24) is 5.32 Å². The summed E-state index contributed by atoms with van der Waals surface area (Å²) in [6.07, 6.45) is 0.841. The smallest absolute Gasteiger partial charge is 0.0439 e. The molecule has 1 aromatic heterocycles. The second-order valence-electron chi connectivity index (χ2n) is 4.29. The number of hydrogen-bond donors (Lipinski definition) is 1. The first-order valence-corrected chi connectivity index (χ1v) is 7.45. The molecule has 1 aromatic carbocycles. The van der Waals surface area contributed by atoms with Crippen LogP contribution < -0.4 is 5.32 Å². The zero-order valence-electron chi connectivity index (χ0n) is 10.3. The van der Waals surface area contributed by atoms with E-state index in [1.165, 1.54) is 11.1 Å². The maximum Gasteiger partial charge on any atom is 0.0439 e. The zero-order valence-corrected chi connectivity index (χ0v) is 12.7. The van der Waals surface area contributed by atoms with Crippen LogP contribution in [0.5, 0.6) is 0 Å². The molecule has 96 valence electrons. The molecule has 0 spiro atoms. The van der Waals surface area contributed by atoms with Gasteiger partial charge < -0.3 is 5.32 Å². The first-order chi connectivity index (χ1) is 8.61. The molecule has 18 heavy (non-hydrogen) atoms. The molecule has 0 radical (unpaired) electrons. The highest BCUT2D eigenvalue weighted by Gasteiger charge is 2.15. The maximum atomic E-state index is 6.21. The second kappa shape index (κ2) is 6.07. The van der Waals surface area contributed by atoms with Gasteiger partial charge >= 0.3 is 0 Å². The van der Waals surface area contributed by atoms with E-state index in [1.807, 2.05) is 25.2 Å². The molecule has 1 N–H and O–H groups in total. The van der Waals surface area contributed by atoms with E-state index in [1.54, 1.807) is 11.3 Å². The van der Waals surface area contributed by atoms with Crippen molar-refractivity contribution < 1.29 is 0 Å². The Balaban J connectivity index is 2.26. The summed E-state index contributed by atoms with van der Waals surface area (Å²) in [4.78, 5) is 0. The summed E-state index contributed by atoms with van der Waals surface area (Å²) in [6.45, 7) is 2.13. The van der Waals surface area contributed by atoms with Crippen LogP contribution in [-0.4, -0.2) is 7.05 Å². The van der Waals surface area contributed by atoms with E-state index in [0.29, 0.717) is 0 Å². The molecule has 0 aliphatic heterocycles. The van der Waals surface area contributed by atoms with Crippen molar-refractivity contribution in [2.75, 3.05) is 7.05 Å². The van der Waals surface area contributed by atoms with Gasteiger partial charge in [-0.1, -0.05) is 23.2 Å². The largest absolute Gasteiger partial charge is 0.313 e. The summed E-state index contributed by atoms with van der Waals surface area (Å²) in [5.74, 6) is 0. The SMILES string of the molecule is CNC(Cc1cc(Cl)ccc1Cl)c1cscc1C. The van der Waals surface area contributed by atoms with Gasteiger partial charge in [0.15, 0.2) is 0 Å². The summed E-state index contributed by atoms with van der Waals surface area (Å²) in [6, 6.07) is 5.88. The van der Waals surface area contributed by atoms with E-state index in [4.69, 9.17) is 23.2 Å². The Kier molecular flexibility index (Phi) is 4.68. The lowest BCUT2D eigenvalue weighted by molar-refractivity contribution is 0.591. The van der Waals surface area contributed by atoms with Crippen molar-refractivity contribution in [1.29, 1.82) is 0 Å². The summed E-state index contributed by atoms with van der Waals surface area (Å²) < 4.78 is 0. The molecule has 0 fully saturated rings. The molecule has 0 saturated carbocycles. The van der Waals surface area contributed by atoms with E-state index in [9.17, 15) is 0 Å². The standard InChI is InChI=1S/C14H15Cl2NS/c1-9-7-18-8-12(9)14(17-2)6-10-5-11(15)3-4-13(10)16/h3-5,7-8,14,17H,6H2,1-2H3. The Morgan fingerprint density at radius 2 is 2.06 bits per heavy atom. The topological polar surface area (TPSA) is 12.0 Å². The van der Waals surface area contributed by atoms with E-state index in [2.05, 4.69) is 23.0 Å². The molecule has 0 aliphatic carbocycles. The Morgan fingerprint density at radius 3 is 2.67 bits per heavy atom. The highest BCUT2D eigenvalue weighted by Crippen LogP contribution is 2.28. The molecule has 0 amide bonds. The first kappa shape index (κ1) is 13.9. The molecule has 2 aromatic rings.